The Morgan fingerprint density at radius 1 is 1.48 bits per heavy atom. The van der Waals surface area contributed by atoms with Gasteiger partial charge in [-0.25, -0.2) is 9.37 Å². The molecule has 0 amide bonds. The van der Waals surface area contributed by atoms with Gasteiger partial charge in [-0.2, -0.15) is 0 Å². The van der Waals surface area contributed by atoms with Crippen LogP contribution in [-0.4, -0.2) is 55.7 Å². The summed E-state index contributed by atoms with van der Waals surface area (Å²) in [5.74, 6) is -0.220. The summed E-state index contributed by atoms with van der Waals surface area (Å²) in [5.41, 5.74) is -0.417. The predicted octanol–water partition coefficient (Wildman–Crippen LogP) is 2.34. The number of aromatic nitrogens is 1. The standard InChI is InChI=1S/C16H21ClFN3O2/c1-20(2)10-12-8-16(15(22)23-12)3-5-21(6-4-16)14-13(18)7-11(17)9-19-14/h7,9,12H,3-6,8,10H2,1-2H3. The normalized spacial score (nSPS) is 23.6. The van der Waals surface area contributed by atoms with Crippen molar-refractivity contribution in [3.05, 3.63) is 23.1 Å². The molecule has 7 heteroatoms. The topological polar surface area (TPSA) is 45.7 Å². The van der Waals surface area contributed by atoms with Crippen molar-refractivity contribution in [1.82, 2.24) is 9.88 Å². The Morgan fingerprint density at radius 3 is 2.78 bits per heavy atom. The Bertz CT molecular complexity index is 603. The van der Waals surface area contributed by atoms with Gasteiger partial charge in [-0.3, -0.25) is 4.79 Å². The second kappa shape index (κ2) is 6.24. The van der Waals surface area contributed by atoms with Crippen LogP contribution < -0.4 is 4.90 Å². The molecule has 0 aromatic carbocycles. The van der Waals surface area contributed by atoms with Crippen LogP contribution in [0.3, 0.4) is 0 Å². The molecule has 1 spiro atoms. The molecule has 2 fully saturated rings. The Labute approximate surface area is 140 Å². The quantitative estimate of drug-likeness (QED) is 0.790. The van der Waals surface area contributed by atoms with Gasteiger partial charge in [-0.1, -0.05) is 11.6 Å². The number of carbonyl (C=O) groups is 1. The van der Waals surface area contributed by atoms with E-state index in [1.165, 1.54) is 12.3 Å². The van der Waals surface area contributed by atoms with Gasteiger partial charge in [0.15, 0.2) is 11.6 Å². The summed E-state index contributed by atoms with van der Waals surface area (Å²) in [4.78, 5) is 20.3. The molecule has 126 valence electrons. The van der Waals surface area contributed by atoms with E-state index in [0.29, 0.717) is 31.7 Å². The van der Waals surface area contributed by atoms with Gasteiger partial charge in [0.05, 0.1) is 10.4 Å². The highest BCUT2D eigenvalue weighted by Crippen LogP contribution is 2.44. The lowest BCUT2D eigenvalue weighted by Crippen LogP contribution is -2.43. The monoisotopic (exact) mass is 341 g/mol. The van der Waals surface area contributed by atoms with Gasteiger partial charge in [0.25, 0.3) is 0 Å². The van der Waals surface area contributed by atoms with Gasteiger partial charge in [-0.15, -0.1) is 0 Å². The first-order valence-corrected chi connectivity index (χ1v) is 8.19. The molecular weight excluding hydrogens is 321 g/mol. The minimum Gasteiger partial charge on any atom is -0.461 e. The number of carbonyl (C=O) groups excluding carboxylic acids is 1. The molecule has 1 aromatic heterocycles. The van der Waals surface area contributed by atoms with Crippen LogP contribution >= 0.6 is 11.6 Å². The summed E-state index contributed by atoms with van der Waals surface area (Å²) in [7, 11) is 3.94. The van der Waals surface area contributed by atoms with Gasteiger partial charge in [-0.05, 0) is 33.0 Å². The first-order valence-electron chi connectivity index (χ1n) is 7.81. The Morgan fingerprint density at radius 2 is 2.17 bits per heavy atom. The fraction of sp³-hybridized carbons (Fsp3) is 0.625. The summed E-state index contributed by atoms with van der Waals surface area (Å²) in [6, 6.07) is 1.27. The smallest absolute Gasteiger partial charge is 0.312 e. The average molecular weight is 342 g/mol. The van der Waals surface area contributed by atoms with E-state index in [-0.39, 0.29) is 17.1 Å². The van der Waals surface area contributed by atoms with Crippen LogP contribution in [0, 0.1) is 11.2 Å². The lowest BCUT2D eigenvalue weighted by atomic mass is 9.76. The molecule has 0 saturated carbocycles. The molecular formula is C16H21ClFN3O2. The molecule has 2 aliphatic rings. The fourth-order valence-electron chi connectivity index (χ4n) is 3.54. The highest BCUT2D eigenvalue weighted by atomic mass is 35.5. The predicted molar refractivity (Wildman–Crippen MR) is 86.1 cm³/mol. The number of likely N-dealkylation sites (N-methyl/N-ethyl adjacent to an activating group) is 1. The minimum atomic E-state index is -0.423. The third kappa shape index (κ3) is 3.28. The van der Waals surface area contributed by atoms with E-state index in [0.717, 1.165) is 13.0 Å². The van der Waals surface area contributed by atoms with Crippen molar-refractivity contribution in [2.24, 2.45) is 5.41 Å². The minimum absolute atomic E-state index is 0.0468. The number of halogens is 2. The number of piperidine rings is 1. The number of nitrogens with zero attached hydrogens (tertiary/aromatic N) is 3. The maximum absolute atomic E-state index is 14.0. The van der Waals surface area contributed by atoms with E-state index in [2.05, 4.69) is 4.98 Å². The van der Waals surface area contributed by atoms with Crippen LogP contribution in [0.15, 0.2) is 12.3 Å². The summed E-state index contributed by atoms with van der Waals surface area (Å²) >= 11 is 5.74. The maximum Gasteiger partial charge on any atom is 0.312 e. The molecule has 5 nitrogen and oxygen atoms in total. The van der Waals surface area contributed by atoms with Crippen molar-refractivity contribution >= 4 is 23.4 Å². The summed E-state index contributed by atoms with van der Waals surface area (Å²) in [6.07, 6.45) is 3.48. The number of esters is 1. The van der Waals surface area contributed by atoms with Crippen LogP contribution in [0.1, 0.15) is 19.3 Å². The zero-order valence-electron chi connectivity index (χ0n) is 13.4. The third-order valence-corrected chi connectivity index (χ3v) is 4.91. The van der Waals surface area contributed by atoms with Crippen LogP contribution in [-0.2, 0) is 9.53 Å². The fourth-order valence-corrected chi connectivity index (χ4v) is 3.69. The number of ether oxygens (including phenoxy) is 1. The third-order valence-electron chi connectivity index (χ3n) is 4.70. The van der Waals surface area contributed by atoms with Gasteiger partial charge >= 0.3 is 5.97 Å². The highest BCUT2D eigenvalue weighted by Gasteiger charge is 2.50. The number of pyridine rings is 1. The molecule has 2 aliphatic heterocycles. The number of hydrogen-bond acceptors (Lipinski definition) is 5. The molecule has 0 bridgehead atoms. The molecule has 3 heterocycles. The van der Waals surface area contributed by atoms with E-state index in [1.54, 1.807) is 0 Å². The molecule has 0 aliphatic carbocycles. The van der Waals surface area contributed by atoms with E-state index in [1.807, 2.05) is 23.9 Å². The summed E-state index contributed by atoms with van der Waals surface area (Å²) in [6.45, 7) is 1.93. The molecule has 23 heavy (non-hydrogen) atoms. The number of hydrogen-bond donors (Lipinski definition) is 0. The van der Waals surface area contributed by atoms with Gasteiger partial charge in [0, 0.05) is 32.3 Å². The molecule has 2 saturated heterocycles. The van der Waals surface area contributed by atoms with Crippen molar-refractivity contribution in [1.29, 1.82) is 0 Å². The largest absolute Gasteiger partial charge is 0.461 e. The summed E-state index contributed by atoms with van der Waals surface area (Å²) in [5, 5.41) is 0.283. The first-order chi connectivity index (χ1) is 10.9. The van der Waals surface area contributed by atoms with Crippen molar-refractivity contribution in [3.63, 3.8) is 0 Å². The molecule has 1 aromatic rings. The van der Waals surface area contributed by atoms with Gasteiger partial charge in [0.2, 0.25) is 0 Å². The summed E-state index contributed by atoms with van der Waals surface area (Å²) < 4.78 is 19.5. The second-order valence-electron chi connectivity index (χ2n) is 6.72. The van der Waals surface area contributed by atoms with E-state index in [4.69, 9.17) is 16.3 Å². The zero-order chi connectivity index (χ0) is 16.6. The molecule has 3 rings (SSSR count). The Hall–Kier alpha value is -1.40. The van der Waals surface area contributed by atoms with Crippen LogP contribution in [0.5, 0.6) is 0 Å². The van der Waals surface area contributed by atoms with Crippen LogP contribution in [0.4, 0.5) is 10.2 Å². The van der Waals surface area contributed by atoms with E-state index < -0.39 is 11.2 Å². The Balaban J connectivity index is 1.67. The van der Waals surface area contributed by atoms with Gasteiger partial charge in [0.1, 0.15) is 6.10 Å². The molecule has 0 radical (unpaired) electrons. The number of rotatable bonds is 3. The zero-order valence-corrected chi connectivity index (χ0v) is 14.1. The number of cyclic esters (lactones) is 1. The first kappa shape index (κ1) is 16.5. The molecule has 1 unspecified atom stereocenters. The van der Waals surface area contributed by atoms with Crippen LogP contribution in [0.25, 0.3) is 0 Å². The van der Waals surface area contributed by atoms with Crippen molar-refractivity contribution in [2.75, 3.05) is 38.6 Å². The second-order valence-corrected chi connectivity index (χ2v) is 7.16. The van der Waals surface area contributed by atoms with Crippen LogP contribution in [0.2, 0.25) is 5.02 Å². The van der Waals surface area contributed by atoms with Gasteiger partial charge < -0.3 is 14.5 Å². The lowest BCUT2D eigenvalue weighted by Gasteiger charge is -2.37. The Kier molecular flexibility index (Phi) is 4.47. The highest BCUT2D eigenvalue weighted by molar-refractivity contribution is 6.30. The van der Waals surface area contributed by atoms with E-state index >= 15 is 0 Å². The number of anilines is 1. The van der Waals surface area contributed by atoms with Crippen molar-refractivity contribution in [3.8, 4) is 0 Å². The average Bonchev–Trinajstić information content (AvgIpc) is 2.75. The van der Waals surface area contributed by atoms with Crippen molar-refractivity contribution < 1.29 is 13.9 Å². The molecule has 0 N–H and O–H groups in total. The van der Waals surface area contributed by atoms with Crippen molar-refractivity contribution in [2.45, 2.75) is 25.4 Å². The van der Waals surface area contributed by atoms with E-state index in [9.17, 15) is 9.18 Å². The SMILES string of the molecule is CN(C)CC1CC2(CCN(c3ncc(Cl)cc3F)CC2)C(=O)O1. The maximum atomic E-state index is 14.0. The molecule has 1 atom stereocenters. The lowest BCUT2D eigenvalue weighted by molar-refractivity contribution is -0.150.